The molecule has 0 saturated carbocycles. The van der Waals surface area contributed by atoms with Crippen LogP contribution in [0, 0.1) is 11.6 Å². The van der Waals surface area contributed by atoms with Gasteiger partial charge in [-0.05, 0) is 24.6 Å². The van der Waals surface area contributed by atoms with E-state index >= 15 is 0 Å². The van der Waals surface area contributed by atoms with E-state index in [1.165, 1.54) is 6.08 Å². The predicted molar refractivity (Wildman–Crippen MR) is 66.7 cm³/mol. The molecular formula is C13H12F2N2O2. The number of benzene rings is 1. The van der Waals surface area contributed by atoms with Gasteiger partial charge in [-0.25, -0.2) is 8.78 Å². The average Bonchev–Trinajstić information content (AvgIpc) is 2.38. The quantitative estimate of drug-likeness (QED) is 0.856. The smallest absolute Gasteiger partial charge is 0.187 e. The second kappa shape index (κ2) is 5.17. The van der Waals surface area contributed by atoms with Gasteiger partial charge in [-0.15, -0.1) is 0 Å². The molecule has 6 heteroatoms. The molecule has 1 aliphatic rings. The normalized spacial score (nSPS) is 16.4. The van der Waals surface area contributed by atoms with Gasteiger partial charge in [-0.3, -0.25) is 9.79 Å². The molecule has 0 spiro atoms. The summed E-state index contributed by atoms with van der Waals surface area (Å²) in [6.07, 6.45) is 2.38. The van der Waals surface area contributed by atoms with E-state index < -0.39 is 17.4 Å². The number of carbonyl (C=O) groups excluding carboxylic acids is 1. The van der Waals surface area contributed by atoms with Gasteiger partial charge < -0.3 is 10.8 Å². The highest BCUT2D eigenvalue weighted by molar-refractivity contribution is 6.45. The van der Waals surface area contributed by atoms with E-state index in [9.17, 15) is 13.6 Å². The van der Waals surface area contributed by atoms with Crippen molar-refractivity contribution in [1.82, 2.24) is 0 Å². The molecule has 0 unspecified atom stereocenters. The second-order valence-electron chi connectivity index (χ2n) is 4.18. The highest BCUT2D eigenvalue weighted by Crippen LogP contribution is 2.24. The van der Waals surface area contributed by atoms with Gasteiger partial charge in [0.1, 0.15) is 5.71 Å². The molecule has 0 aromatic heterocycles. The molecule has 0 amide bonds. The minimum atomic E-state index is -1.11. The third-order valence-corrected chi connectivity index (χ3v) is 2.77. The molecule has 0 bridgehead atoms. The molecule has 3 N–H and O–H groups in total. The van der Waals surface area contributed by atoms with Crippen LogP contribution in [0.3, 0.4) is 0 Å². The zero-order valence-corrected chi connectivity index (χ0v) is 9.99. The summed E-state index contributed by atoms with van der Waals surface area (Å²) in [7, 11) is 0. The van der Waals surface area contributed by atoms with Gasteiger partial charge in [0.15, 0.2) is 23.2 Å². The molecule has 4 nitrogen and oxygen atoms in total. The number of allylic oxidation sites excluding steroid dienone is 1. The zero-order valence-electron chi connectivity index (χ0n) is 9.99. The number of nitrogens with zero attached hydrogens (tertiary/aromatic N) is 1. The molecular weight excluding hydrogens is 254 g/mol. The van der Waals surface area contributed by atoms with Gasteiger partial charge in [0, 0.05) is 24.2 Å². The number of hydrogen-bond donors (Lipinski definition) is 2. The Hall–Kier alpha value is -2.24. The fourth-order valence-electron chi connectivity index (χ4n) is 1.74. The average molecular weight is 266 g/mol. The van der Waals surface area contributed by atoms with Crippen LogP contribution in [0.2, 0.25) is 0 Å². The summed E-state index contributed by atoms with van der Waals surface area (Å²) in [5.41, 5.74) is 5.97. The Balaban J connectivity index is 2.36. The molecule has 2 rings (SSSR count). The fraction of sp³-hybridized carbons (Fsp3) is 0.231. The van der Waals surface area contributed by atoms with Crippen LogP contribution in [-0.2, 0) is 4.79 Å². The summed E-state index contributed by atoms with van der Waals surface area (Å²) in [6, 6.07) is 1.80. The monoisotopic (exact) mass is 266 g/mol. The minimum Gasteiger partial charge on any atom is -0.503 e. The number of aliphatic imine (C=N–C) groups is 1. The SMILES string of the molecule is N/C(=C\C1=NCCCC1=O)c1cc(F)c(O)c(F)c1. The first-order valence-corrected chi connectivity index (χ1v) is 5.72. The van der Waals surface area contributed by atoms with E-state index in [0.29, 0.717) is 19.4 Å². The Morgan fingerprint density at radius 3 is 2.58 bits per heavy atom. The summed E-state index contributed by atoms with van der Waals surface area (Å²) < 4.78 is 26.4. The first kappa shape index (κ1) is 13.2. The van der Waals surface area contributed by atoms with Gasteiger partial charge in [0.2, 0.25) is 0 Å². The van der Waals surface area contributed by atoms with Crippen molar-refractivity contribution in [3.63, 3.8) is 0 Å². The Morgan fingerprint density at radius 2 is 2.00 bits per heavy atom. The summed E-state index contributed by atoms with van der Waals surface area (Å²) >= 11 is 0. The van der Waals surface area contributed by atoms with Crippen molar-refractivity contribution in [2.45, 2.75) is 12.8 Å². The summed E-state index contributed by atoms with van der Waals surface area (Å²) in [6.45, 7) is 0.531. The number of Topliss-reactive ketones (excluding diaryl/α,β-unsaturated/α-hetero) is 1. The molecule has 0 radical (unpaired) electrons. The number of halogens is 2. The van der Waals surface area contributed by atoms with E-state index in [1.54, 1.807) is 0 Å². The number of nitrogens with two attached hydrogens (primary N) is 1. The lowest BCUT2D eigenvalue weighted by atomic mass is 10.0. The number of phenolic OH excluding ortho intramolecular Hbond substituents is 1. The Kier molecular flexibility index (Phi) is 3.59. The standard InChI is InChI=1S/C13H12F2N2O2/c14-8-4-7(5-9(15)13(8)19)10(16)6-11-12(18)2-1-3-17-11/h4-6,19H,1-3,16H2/b10-6-. The summed E-state index contributed by atoms with van der Waals surface area (Å²) in [5.74, 6) is -3.41. The first-order chi connectivity index (χ1) is 8.99. The van der Waals surface area contributed by atoms with Crippen LogP contribution in [0.25, 0.3) is 5.70 Å². The Bertz CT molecular complexity index is 571. The van der Waals surface area contributed by atoms with Gasteiger partial charge in [0.25, 0.3) is 0 Å². The number of ketones is 1. The lowest BCUT2D eigenvalue weighted by Crippen LogP contribution is -2.18. The molecule has 1 aliphatic heterocycles. The molecule has 1 aromatic carbocycles. The molecule has 1 heterocycles. The van der Waals surface area contributed by atoms with Crippen LogP contribution < -0.4 is 5.73 Å². The first-order valence-electron chi connectivity index (χ1n) is 5.72. The van der Waals surface area contributed by atoms with Crippen molar-refractivity contribution in [1.29, 1.82) is 0 Å². The van der Waals surface area contributed by atoms with Gasteiger partial charge in [-0.2, -0.15) is 0 Å². The molecule has 0 fully saturated rings. The third kappa shape index (κ3) is 2.78. The Morgan fingerprint density at radius 1 is 1.37 bits per heavy atom. The summed E-state index contributed by atoms with van der Waals surface area (Å²) in [5, 5.41) is 8.99. The van der Waals surface area contributed by atoms with Crippen LogP contribution >= 0.6 is 0 Å². The van der Waals surface area contributed by atoms with Gasteiger partial charge >= 0.3 is 0 Å². The maximum absolute atomic E-state index is 13.2. The number of carbonyl (C=O) groups is 1. The molecule has 100 valence electrons. The lowest BCUT2D eigenvalue weighted by Gasteiger charge is -2.09. The van der Waals surface area contributed by atoms with Gasteiger partial charge in [0.05, 0.1) is 0 Å². The van der Waals surface area contributed by atoms with Crippen molar-refractivity contribution in [3.8, 4) is 5.75 Å². The Labute approximate surface area is 108 Å². The van der Waals surface area contributed by atoms with E-state index in [0.717, 1.165) is 12.1 Å². The molecule has 0 saturated heterocycles. The van der Waals surface area contributed by atoms with Gasteiger partial charge in [-0.1, -0.05) is 0 Å². The van der Waals surface area contributed by atoms with Crippen LogP contribution in [-0.4, -0.2) is 23.1 Å². The maximum atomic E-state index is 13.2. The number of aromatic hydroxyl groups is 1. The van der Waals surface area contributed by atoms with E-state index in [2.05, 4.69) is 4.99 Å². The van der Waals surface area contributed by atoms with E-state index in [1.807, 2.05) is 0 Å². The molecule has 0 aliphatic carbocycles. The largest absolute Gasteiger partial charge is 0.503 e. The van der Waals surface area contributed by atoms with Crippen molar-refractivity contribution < 1.29 is 18.7 Å². The predicted octanol–water partition coefficient (Wildman–Crippen LogP) is 1.77. The van der Waals surface area contributed by atoms with Crippen molar-refractivity contribution in [3.05, 3.63) is 35.4 Å². The van der Waals surface area contributed by atoms with Crippen LogP contribution in [0.4, 0.5) is 8.78 Å². The molecule has 19 heavy (non-hydrogen) atoms. The van der Waals surface area contributed by atoms with Crippen molar-refractivity contribution in [2.75, 3.05) is 6.54 Å². The number of phenols is 1. The molecule has 1 aromatic rings. The maximum Gasteiger partial charge on any atom is 0.187 e. The minimum absolute atomic E-state index is 0.0202. The highest BCUT2D eigenvalue weighted by Gasteiger charge is 2.15. The van der Waals surface area contributed by atoms with E-state index in [4.69, 9.17) is 10.8 Å². The van der Waals surface area contributed by atoms with Crippen LogP contribution in [0.15, 0.2) is 23.2 Å². The second-order valence-corrected chi connectivity index (χ2v) is 4.18. The van der Waals surface area contributed by atoms with Crippen molar-refractivity contribution in [2.24, 2.45) is 10.7 Å². The zero-order chi connectivity index (χ0) is 14.0. The fourth-order valence-corrected chi connectivity index (χ4v) is 1.74. The molecule has 0 atom stereocenters. The topological polar surface area (TPSA) is 75.7 Å². The highest BCUT2D eigenvalue weighted by atomic mass is 19.1. The van der Waals surface area contributed by atoms with Crippen LogP contribution in [0.5, 0.6) is 5.75 Å². The number of hydrogen-bond acceptors (Lipinski definition) is 4. The lowest BCUT2D eigenvalue weighted by molar-refractivity contribution is -0.113. The van der Waals surface area contributed by atoms with Crippen molar-refractivity contribution >= 4 is 17.2 Å². The summed E-state index contributed by atoms with van der Waals surface area (Å²) in [4.78, 5) is 15.5. The number of rotatable bonds is 2. The van der Waals surface area contributed by atoms with E-state index in [-0.39, 0.29) is 22.8 Å². The van der Waals surface area contributed by atoms with Crippen LogP contribution in [0.1, 0.15) is 18.4 Å². The third-order valence-electron chi connectivity index (χ3n) is 2.77.